The first-order valence-corrected chi connectivity index (χ1v) is 12.9. The lowest BCUT2D eigenvalue weighted by atomic mass is 9.98. The molecule has 1 aliphatic carbocycles. The maximum Gasteiger partial charge on any atom is 0.264 e. The summed E-state index contributed by atoms with van der Waals surface area (Å²) in [6.07, 6.45) is 7.03. The predicted octanol–water partition coefficient (Wildman–Crippen LogP) is 4.35. The Morgan fingerprint density at radius 1 is 1.06 bits per heavy atom. The number of rotatable bonds is 10. The summed E-state index contributed by atoms with van der Waals surface area (Å²) in [6.45, 7) is 4.54. The molecule has 1 fully saturated rings. The standard InChI is InChI=1S/C25H34N2O4S/c1-20-14-15-21(2)24(18-20)27(32(29,30)23-12-7-4-8-13-23)19-25(28)26-16-9-17-31-22-10-5-3-6-11-22/h4,7-8,12-15,18,22H,3,5-6,9-11,16-17,19H2,1-2H3,(H,26,28). The van der Waals surface area contributed by atoms with Gasteiger partial charge in [0, 0.05) is 13.2 Å². The van der Waals surface area contributed by atoms with Crippen LogP contribution < -0.4 is 9.62 Å². The number of amides is 1. The molecule has 2 aromatic carbocycles. The summed E-state index contributed by atoms with van der Waals surface area (Å²) in [4.78, 5) is 12.9. The maximum atomic E-state index is 13.4. The van der Waals surface area contributed by atoms with E-state index in [4.69, 9.17) is 4.74 Å². The summed E-state index contributed by atoms with van der Waals surface area (Å²) < 4.78 is 33.9. The number of benzene rings is 2. The van der Waals surface area contributed by atoms with Crippen LogP contribution in [-0.2, 0) is 19.6 Å². The Balaban J connectivity index is 1.65. The Morgan fingerprint density at radius 2 is 1.78 bits per heavy atom. The van der Waals surface area contributed by atoms with Crippen LogP contribution in [0.4, 0.5) is 5.69 Å². The lowest BCUT2D eigenvalue weighted by Gasteiger charge is -2.26. The molecule has 1 aliphatic rings. The van der Waals surface area contributed by atoms with Gasteiger partial charge in [0.1, 0.15) is 6.54 Å². The third-order valence-corrected chi connectivity index (χ3v) is 7.57. The van der Waals surface area contributed by atoms with Crippen molar-refractivity contribution in [3.63, 3.8) is 0 Å². The number of carbonyl (C=O) groups excluding carboxylic acids is 1. The molecule has 0 saturated heterocycles. The minimum Gasteiger partial charge on any atom is -0.378 e. The maximum absolute atomic E-state index is 13.4. The number of hydrogen-bond acceptors (Lipinski definition) is 4. The van der Waals surface area contributed by atoms with E-state index in [9.17, 15) is 13.2 Å². The summed E-state index contributed by atoms with van der Waals surface area (Å²) in [6, 6.07) is 13.8. The summed E-state index contributed by atoms with van der Waals surface area (Å²) in [5, 5.41) is 2.85. The van der Waals surface area contributed by atoms with Crippen LogP contribution in [0.25, 0.3) is 0 Å². The van der Waals surface area contributed by atoms with E-state index in [-0.39, 0.29) is 17.3 Å². The monoisotopic (exact) mass is 458 g/mol. The van der Waals surface area contributed by atoms with E-state index >= 15 is 0 Å². The van der Waals surface area contributed by atoms with Crippen molar-refractivity contribution in [2.45, 2.75) is 63.4 Å². The molecule has 1 amide bonds. The Bertz CT molecular complexity index is 986. The van der Waals surface area contributed by atoms with Gasteiger partial charge < -0.3 is 10.1 Å². The van der Waals surface area contributed by atoms with Crippen LogP contribution in [0.15, 0.2) is 53.4 Å². The minimum absolute atomic E-state index is 0.162. The lowest BCUT2D eigenvalue weighted by Crippen LogP contribution is -2.41. The highest BCUT2D eigenvalue weighted by atomic mass is 32.2. The second-order valence-corrected chi connectivity index (χ2v) is 10.3. The van der Waals surface area contributed by atoms with E-state index in [1.165, 1.54) is 23.6 Å². The van der Waals surface area contributed by atoms with Crippen molar-refractivity contribution >= 4 is 21.6 Å². The van der Waals surface area contributed by atoms with Crippen molar-refractivity contribution in [1.29, 1.82) is 0 Å². The molecule has 0 aliphatic heterocycles. The molecule has 0 bridgehead atoms. The highest BCUT2D eigenvalue weighted by Gasteiger charge is 2.28. The van der Waals surface area contributed by atoms with E-state index in [1.54, 1.807) is 36.4 Å². The Kier molecular flexibility index (Phi) is 8.70. The Hall–Kier alpha value is -2.38. The highest BCUT2D eigenvalue weighted by Crippen LogP contribution is 2.27. The Morgan fingerprint density at radius 3 is 2.50 bits per heavy atom. The molecule has 0 aromatic heterocycles. The van der Waals surface area contributed by atoms with Crippen molar-refractivity contribution in [2.24, 2.45) is 0 Å². The van der Waals surface area contributed by atoms with Gasteiger partial charge in [-0.15, -0.1) is 0 Å². The average Bonchev–Trinajstić information content (AvgIpc) is 2.80. The summed E-state index contributed by atoms with van der Waals surface area (Å²) >= 11 is 0. The van der Waals surface area contributed by atoms with Crippen LogP contribution >= 0.6 is 0 Å². The third kappa shape index (κ3) is 6.56. The van der Waals surface area contributed by atoms with Gasteiger partial charge >= 0.3 is 0 Å². The predicted molar refractivity (Wildman–Crippen MR) is 127 cm³/mol. The molecule has 7 heteroatoms. The normalized spacial score (nSPS) is 14.8. The fraction of sp³-hybridized carbons (Fsp3) is 0.480. The van der Waals surface area contributed by atoms with E-state index in [0.717, 1.165) is 24.0 Å². The highest BCUT2D eigenvalue weighted by molar-refractivity contribution is 7.92. The van der Waals surface area contributed by atoms with Gasteiger partial charge in [0.2, 0.25) is 5.91 Å². The average molecular weight is 459 g/mol. The summed E-state index contributed by atoms with van der Waals surface area (Å²) in [5.74, 6) is -0.330. The largest absolute Gasteiger partial charge is 0.378 e. The van der Waals surface area contributed by atoms with Gasteiger partial charge in [-0.25, -0.2) is 8.42 Å². The number of hydrogen-bond donors (Lipinski definition) is 1. The van der Waals surface area contributed by atoms with E-state index in [1.807, 2.05) is 26.0 Å². The number of aryl methyl sites for hydroxylation is 2. The first-order valence-electron chi connectivity index (χ1n) is 11.4. The van der Waals surface area contributed by atoms with E-state index in [0.29, 0.717) is 31.4 Å². The quantitative estimate of drug-likeness (QED) is 0.537. The van der Waals surface area contributed by atoms with Gasteiger partial charge in [0.15, 0.2) is 0 Å². The van der Waals surface area contributed by atoms with Gasteiger partial charge in [-0.3, -0.25) is 9.10 Å². The van der Waals surface area contributed by atoms with Crippen LogP contribution in [0.1, 0.15) is 49.7 Å². The molecule has 32 heavy (non-hydrogen) atoms. The van der Waals surface area contributed by atoms with Gasteiger partial charge in [-0.2, -0.15) is 0 Å². The van der Waals surface area contributed by atoms with Crippen LogP contribution in [0.3, 0.4) is 0 Å². The van der Waals surface area contributed by atoms with Crippen LogP contribution in [0, 0.1) is 13.8 Å². The van der Waals surface area contributed by atoms with Crippen molar-refractivity contribution in [3.8, 4) is 0 Å². The minimum atomic E-state index is -3.89. The van der Waals surface area contributed by atoms with Gasteiger partial charge in [-0.05, 0) is 62.4 Å². The first-order chi connectivity index (χ1) is 15.4. The SMILES string of the molecule is Cc1ccc(C)c(N(CC(=O)NCCCOC2CCCCC2)S(=O)(=O)c2ccccc2)c1. The summed E-state index contributed by atoms with van der Waals surface area (Å²) in [5.41, 5.74) is 2.24. The Labute approximate surface area is 192 Å². The molecule has 2 aromatic rings. The fourth-order valence-electron chi connectivity index (χ4n) is 3.98. The molecule has 0 unspecified atom stereocenters. The second kappa shape index (κ2) is 11.5. The summed E-state index contributed by atoms with van der Waals surface area (Å²) in [7, 11) is -3.89. The first kappa shape index (κ1) is 24.3. The van der Waals surface area contributed by atoms with Crippen molar-refractivity contribution in [2.75, 3.05) is 24.0 Å². The number of nitrogens with one attached hydrogen (secondary N) is 1. The molecular formula is C25H34N2O4S. The molecule has 3 rings (SSSR count). The molecule has 1 saturated carbocycles. The molecule has 174 valence electrons. The van der Waals surface area contributed by atoms with Crippen molar-refractivity contribution in [3.05, 3.63) is 59.7 Å². The molecule has 1 N–H and O–H groups in total. The number of anilines is 1. The van der Waals surface area contributed by atoms with Crippen molar-refractivity contribution in [1.82, 2.24) is 5.32 Å². The van der Waals surface area contributed by atoms with Gasteiger partial charge in [0.05, 0.1) is 16.7 Å². The van der Waals surface area contributed by atoms with Gasteiger partial charge in [0.25, 0.3) is 10.0 Å². The van der Waals surface area contributed by atoms with E-state index in [2.05, 4.69) is 5.32 Å². The van der Waals surface area contributed by atoms with Crippen molar-refractivity contribution < 1.29 is 17.9 Å². The number of nitrogens with zero attached hydrogens (tertiary/aromatic N) is 1. The van der Waals surface area contributed by atoms with Gasteiger partial charge in [-0.1, -0.05) is 49.6 Å². The molecule has 0 atom stereocenters. The second-order valence-electron chi connectivity index (χ2n) is 8.45. The molecular weight excluding hydrogens is 424 g/mol. The molecule has 0 spiro atoms. The number of carbonyl (C=O) groups is 1. The van der Waals surface area contributed by atoms with Crippen LogP contribution in [0.2, 0.25) is 0 Å². The molecule has 0 heterocycles. The topological polar surface area (TPSA) is 75.7 Å². The zero-order chi connectivity index (χ0) is 23.0. The smallest absolute Gasteiger partial charge is 0.264 e. The number of sulfonamides is 1. The fourth-order valence-corrected chi connectivity index (χ4v) is 5.47. The van der Waals surface area contributed by atoms with Crippen LogP contribution in [-0.4, -0.2) is 40.1 Å². The zero-order valence-corrected chi connectivity index (χ0v) is 19.9. The van der Waals surface area contributed by atoms with Crippen LogP contribution in [0.5, 0.6) is 0 Å². The number of ether oxygens (including phenoxy) is 1. The molecule has 6 nitrogen and oxygen atoms in total. The van der Waals surface area contributed by atoms with E-state index < -0.39 is 10.0 Å². The molecule has 0 radical (unpaired) electrons. The lowest BCUT2D eigenvalue weighted by molar-refractivity contribution is -0.119. The zero-order valence-electron chi connectivity index (χ0n) is 19.0. The third-order valence-electron chi connectivity index (χ3n) is 5.80.